The monoisotopic (exact) mass is 450 g/mol. The molecule has 0 bridgehead atoms. The lowest BCUT2D eigenvalue weighted by molar-refractivity contribution is 0.160. The van der Waals surface area contributed by atoms with Crippen LogP contribution >= 0.6 is 15.9 Å². The zero-order valence-electron chi connectivity index (χ0n) is 16.8. The molecule has 1 atom stereocenters. The zero-order valence-corrected chi connectivity index (χ0v) is 18.4. The average Bonchev–Trinajstić information content (AvgIpc) is 3.16. The maximum atomic E-state index is 9.04. The summed E-state index contributed by atoms with van der Waals surface area (Å²) in [6, 6.07) is 4.25. The van der Waals surface area contributed by atoms with Crippen molar-refractivity contribution < 1.29 is 9.52 Å². The van der Waals surface area contributed by atoms with Crippen LogP contribution in [0.2, 0.25) is 0 Å². The molecule has 6 nitrogen and oxygen atoms in total. The minimum atomic E-state index is -0.107. The van der Waals surface area contributed by atoms with Crippen molar-refractivity contribution in [3.63, 3.8) is 0 Å². The molecule has 1 aliphatic carbocycles. The number of hydrogen-bond acceptors (Lipinski definition) is 6. The Morgan fingerprint density at radius 1 is 1.36 bits per heavy atom. The Balaban J connectivity index is 0.000000266. The molecule has 154 valence electrons. The van der Waals surface area contributed by atoms with Gasteiger partial charge in [-0.2, -0.15) is 5.26 Å². The third kappa shape index (κ3) is 6.77. The number of rotatable bonds is 7. The molecule has 0 amide bonds. The Kier molecular flexibility index (Phi) is 9.76. The molecule has 0 radical (unpaired) electrons. The Hall–Kier alpha value is -1.62. The molecule has 1 unspecified atom stereocenters. The van der Waals surface area contributed by atoms with Gasteiger partial charge in [0.1, 0.15) is 11.9 Å². The van der Waals surface area contributed by atoms with Gasteiger partial charge in [0, 0.05) is 17.5 Å². The Bertz CT molecular complexity index is 766. The van der Waals surface area contributed by atoms with Gasteiger partial charge in [0.25, 0.3) is 0 Å². The van der Waals surface area contributed by atoms with Gasteiger partial charge in [0.05, 0.1) is 16.8 Å². The van der Waals surface area contributed by atoms with E-state index < -0.39 is 0 Å². The van der Waals surface area contributed by atoms with Crippen LogP contribution in [0, 0.1) is 11.3 Å². The third-order valence-electron chi connectivity index (χ3n) is 4.95. The summed E-state index contributed by atoms with van der Waals surface area (Å²) in [5.74, 6) is 1.15. The topological polar surface area (TPSA) is 94.1 Å². The quantitative estimate of drug-likeness (QED) is 0.515. The second-order valence-corrected chi connectivity index (χ2v) is 7.90. The molecule has 0 spiro atoms. The molecule has 0 aromatic carbocycles. The fraction of sp³-hybridized carbons (Fsp3) is 0.619. The van der Waals surface area contributed by atoms with Crippen LogP contribution in [0.1, 0.15) is 64.6 Å². The van der Waals surface area contributed by atoms with E-state index in [1.807, 2.05) is 13.0 Å². The number of halogens is 1. The zero-order chi connectivity index (χ0) is 20.4. The first kappa shape index (κ1) is 22.7. The van der Waals surface area contributed by atoms with E-state index in [1.54, 1.807) is 12.3 Å². The highest BCUT2D eigenvalue weighted by atomic mass is 79.9. The molecule has 7 heteroatoms. The summed E-state index contributed by atoms with van der Waals surface area (Å²) < 4.78 is 6.24. The summed E-state index contributed by atoms with van der Waals surface area (Å²) in [5, 5.41) is 25.4. The Labute approximate surface area is 175 Å². The lowest BCUT2D eigenvalue weighted by Gasteiger charge is -2.23. The van der Waals surface area contributed by atoms with Crippen molar-refractivity contribution in [1.82, 2.24) is 10.3 Å². The van der Waals surface area contributed by atoms with Crippen molar-refractivity contribution in [3.8, 4) is 6.07 Å². The molecule has 2 aromatic rings. The summed E-state index contributed by atoms with van der Waals surface area (Å²) >= 11 is 3.56. The summed E-state index contributed by atoms with van der Waals surface area (Å²) in [5.41, 5.74) is 0.637. The number of nitriles is 1. The number of hydrogen-bond donors (Lipinski definition) is 3. The number of aromatic nitrogens is 1. The van der Waals surface area contributed by atoms with Crippen LogP contribution in [0.25, 0.3) is 11.0 Å². The van der Waals surface area contributed by atoms with Crippen molar-refractivity contribution in [3.05, 3.63) is 22.5 Å². The smallest absolute Gasteiger partial charge is 0.204 e. The predicted molar refractivity (Wildman–Crippen MR) is 116 cm³/mol. The molecule has 0 aliphatic heterocycles. The van der Waals surface area contributed by atoms with Gasteiger partial charge < -0.3 is 20.2 Å². The number of nitrogens with one attached hydrogen (secondary N) is 2. The highest BCUT2D eigenvalue weighted by Crippen LogP contribution is 2.33. The molecule has 3 N–H and O–H groups in total. The number of pyridine rings is 1. The molecule has 0 saturated heterocycles. The van der Waals surface area contributed by atoms with Gasteiger partial charge in [-0.3, -0.25) is 0 Å². The fourth-order valence-electron chi connectivity index (χ4n) is 3.23. The molecule has 2 heterocycles. The standard InChI is InChI=1S/C14H14BrN3O.C7H17NO/c15-13-11-6-10(7-16)19-12(11)8-17-14(13)18-9-4-2-1-3-5-9;1-3-7(9)5-6-8-4-2/h6,8-9H,1-5H2,(H,17,18);7-9H,3-6H2,1-2H3. The van der Waals surface area contributed by atoms with Gasteiger partial charge in [-0.25, -0.2) is 4.98 Å². The largest absolute Gasteiger partial charge is 0.444 e. The van der Waals surface area contributed by atoms with Gasteiger partial charge in [-0.05, 0) is 54.7 Å². The van der Waals surface area contributed by atoms with E-state index in [9.17, 15) is 0 Å². The molecule has 1 aliphatic rings. The summed E-state index contributed by atoms with van der Waals surface area (Å²) in [7, 11) is 0. The van der Waals surface area contributed by atoms with Gasteiger partial charge in [-0.1, -0.05) is 33.1 Å². The summed E-state index contributed by atoms with van der Waals surface area (Å²) in [4.78, 5) is 4.39. The molecule has 1 fully saturated rings. The van der Waals surface area contributed by atoms with Crippen molar-refractivity contribution >= 4 is 32.7 Å². The first-order chi connectivity index (χ1) is 13.6. The van der Waals surface area contributed by atoms with Crippen molar-refractivity contribution in [2.75, 3.05) is 18.4 Å². The first-order valence-corrected chi connectivity index (χ1v) is 11.0. The number of anilines is 1. The number of fused-ring (bicyclic) bond motifs is 1. The van der Waals surface area contributed by atoms with E-state index in [2.05, 4.69) is 38.5 Å². The Morgan fingerprint density at radius 3 is 2.75 bits per heavy atom. The van der Waals surface area contributed by atoms with Crippen molar-refractivity contribution in [2.45, 2.75) is 70.9 Å². The third-order valence-corrected chi connectivity index (χ3v) is 5.75. The molecule has 28 heavy (non-hydrogen) atoms. The maximum Gasteiger partial charge on any atom is 0.204 e. The van der Waals surface area contributed by atoms with Crippen LogP contribution in [-0.4, -0.2) is 35.3 Å². The molecule has 2 aromatic heterocycles. The van der Waals surface area contributed by atoms with E-state index in [-0.39, 0.29) is 6.10 Å². The second kappa shape index (κ2) is 12.1. The van der Waals surface area contributed by atoms with Crippen molar-refractivity contribution in [1.29, 1.82) is 5.26 Å². The number of aliphatic hydroxyl groups is 1. The fourth-order valence-corrected chi connectivity index (χ4v) is 3.75. The van der Waals surface area contributed by atoms with Crippen LogP contribution in [0.15, 0.2) is 21.2 Å². The number of aliphatic hydroxyl groups excluding tert-OH is 1. The second-order valence-electron chi connectivity index (χ2n) is 7.10. The van der Waals surface area contributed by atoms with Gasteiger partial charge in [0.15, 0.2) is 5.58 Å². The average molecular weight is 451 g/mol. The first-order valence-electron chi connectivity index (χ1n) is 10.2. The summed E-state index contributed by atoms with van der Waals surface area (Å²) in [6.07, 6.45) is 9.59. The van der Waals surface area contributed by atoms with Crippen LogP contribution in [0.3, 0.4) is 0 Å². The molecule has 1 saturated carbocycles. The lowest BCUT2D eigenvalue weighted by Crippen LogP contribution is -2.23. The van der Waals surface area contributed by atoms with E-state index in [1.165, 1.54) is 32.1 Å². The highest BCUT2D eigenvalue weighted by Gasteiger charge is 2.17. The number of nitrogens with zero attached hydrogens (tertiary/aromatic N) is 2. The molecule has 3 rings (SSSR count). The minimum absolute atomic E-state index is 0.107. The Morgan fingerprint density at radius 2 is 2.11 bits per heavy atom. The number of furan rings is 1. The minimum Gasteiger partial charge on any atom is -0.444 e. The van der Waals surface area contributed by atoms with Gasteiger partial charge in [0.2, 0.25) is 5.76 Å². The maximum absolute atomic E-state index is 9.04. The van der Waals surface area contributed by atoms with E-state index in [4.69, 9.17) is 14.8 Å². The summed E-state index contributed by atoms with van der Waals surface area (Å²) in [6.45, 7) is 6.00. The van der Waals surface area contributed by atoms with E-state index in [0.717, 1.165) is 41.6 Å². The molecular weight excluding hydrogens is 420 g/mol. The normalized spacial score (nSPS) is 15.5. The van der Waals surface area contributed by atoms with Crippen LogP contribution in [0.4, 0.5) is 5.82 Å². The van der Waals surface area contributed by atoms with Gasteiger partial charge in [-0.15, -0.1) is 0 Å². The van der Waals surface area contributed by atoms with Gasteiger partial charge >= 0.3 is 0 Å². The van der Waals surface area contributed by atoms with Crippen molar-refractivity contribution in [2.24, 2.45) is 0 Å². The predicted octanol–water partition coefficient (Wildman–Crippen LogP) is 4.96. The van der Waals surface area contributed by atoms with Crippen LogP contribution in [-0.2, 0) is 0 Å². The lowest BCUT2D eigenvalue weighted by atomic mass is 9.95. The van der Waals surface area contributed by atoms with Crippen LogP contribution in [0.5, 0.6) is 0 Å². The van der Waals surface area contributed by atoms with E-state index in [0.29, 0.717) is 17.4 Å². The SMILES string of the molecule is CCNCCC(O)CC.N#Cc1cc2c(Br)c(NC3CCCCC3)ncc2o1. The highest BCUT2D eigenvalue weighted by molar-refractivity contribution is 9.10. The van der Waals surface area contributed by atoms with E-state index >= 15 is 0 Å². The van der Waals surface area contributed by atoms with Crippen LogP contribution < -0.4 is 10.6 Å². The molecular formula is C21H31BrN4O2.